The molecule has 0 saturated carbocycles. The van der Waals surface area contributed by atoms with Crippen LogP contribution in [0.4, 0.5) is 0 Å². The molecule has 2 N–H and O–H groups in total. The van der Waals surface area contributed by atoms with E-state index in [9.17, 15) is 9.59 Å². The Morgan fingerprint density at radius 1 is 1.22 bits per heavy atom. The van der Waals surface area contributed by atoms with E-state index in [1.54, 1.807) is 18.2 Å². The number of pyridine rings is 1. The lowest BCUT2D eigenvalue weighted by atomic mass is 10.1. The summed E-state index contributed by atoms with van der Waals surface area (Å²) in [5.74, 6) is -1.14. The van der Waals surface area contributed by atoms with Gasteiger partial charge in [0.2, 0.25) is 0 Å². The largest absolute Gasteiger partial charge is 0.478 e. The van der Waals surface area contributed by atoms with Gasteiger partial charge in [-0.25, -0.2) is 4.79 Å². The predicted octanol–water partition coefficient (Wildman–Crippen LogP) is 3.05. The summed E-state index contributed by atoms with van der Waals surface area (Å²) in [5, 5.41) is 9.47. The lowest BCUT2D eigenvalue weighted by Crippen LogP contribution is -2.11. The maximum atomic E-state index is 11.7. The zero-order valence-corrected chi connectivity index (χ0v) is 10.4. The molecule has 0 aliphatic rings. The van der Waals surface area contributed by atoms with Crippen molar-refractivity contribution >= 4 is 29.2 Å². The second kappa shape index (κ2) is 4.84. The summed E-state index contributed by atoms with van der Waals surface area (Å²) in [6, 6.07) is 6.04. The van der Waals surface area contributed by atoms with Crippen LogP contribution in [-0.4, -0.2) is 16.1 Å². The zero-order chi connectivity index (χ0) is 13.3. The number of benzene rings is 1. The van der Waals surface area contributed by atoms with Gasteiger partial charge in [-0.05, 0) is 18.2 Å². The molecular formula is C12H7Cl2NO3. The molecule has 6 heteroatoms. The number of aromatic amines is 1. The molecule has 4 nitrogen and oxygen atoms in total. The minimum atomic E-state index is -1.14. The fourth-order valence-electron chi connectivity index (χ4n) is 1.55. The number of carboxylic acid groups (broad SMARTS) is 1. The summed E-state index contributed by atoms with van der Waals surface area (Å²) in [6.45, 7) is 0. The molecular weight excluding hydrogens is 277 g/mol. The lowest BCUT2D eigenvalue weighted by Gasteiger charge is -2.06. The van der Waals surface area contributed by atoms with Crippen LogP contribution in [0.25, 0.3) is 11.1 Å². The van der Waals surface area contributed by atoms with E-state index in [2.05, 4.69) is 4.98 Å². The minimum absolute atomic E-state index is 0.0411. The van der Waals surface area contributed by atoms with Crippen LogP contribution in [-0.2, 0) is 0 Å². The van der Waals surface area contributed by atoms with Gasteiger partial charge in [0, 0.05) is 11.8 Å². The van der Waals surface area contributed by atoms with Crippen molar-refractivity contribution in [2.75, 3.05) is 0 Å². The number of carbonyl (C=O) groups is 1. The van der Waals surface area contributed by atoms with Gasteiger partial charge in [-0.2, -0.15) is 0 Å². The molecule has 18 heavy (non-hydrogen) atoms. The first-order valence-corrected chi connectivity index (χ1v) is 5.66. The molecule has 0 bridgehead atoms. The van der Waals surface area contributed by atoms with Gasteiger partial charge in [0.1, 0.15) is 0 Å². The van der Waals surface area contributed by atoms with Crippen LogP contribution in [0.1, 0.15) is 10.4 Å². The molecule has 0 unspecified atom stereocenters. The minimum Gasteiger partial charge on any atom is -0.478 e. The van der Waals surface area contributed by atoms with Crippen LogP contribution in [0.2, 0.25) is 10.0 Å². The Labute approximate surface area is 112 Å². The molecule has 1 aromatic carbocycles. The van der Waals surface area contributed by atoms with Gasteiger partial charge < -0.3 is 10.1 Å². The average molecular weight is 284 g/mol. The Hall–Kier alpha value is -1.78. The first kappa shape index (κ1) is 12.7. The quantitative estimate of drug-likeness (QED) is 0.890. The molecule has 0 spiro atoms. The Balaban J connectivity index is 2.75. The maximum absolute atomic E-state index is 11.7. The number of rotatable bonds is 2. The predicted molar refractivity (Wildman–Crippen MR) is 69.5 cm³/mol. The van der Waals surface area contributed by atoms with E-state index in [1.165, 1.54) is 6.07 Å². The van der Waals surface area contributed by atoms with Crippen LogP contribution < -0.4 is 5.56 Å². The SMILES string of the molecule is O=C(O)c1c[nH]c(=O)c(-c2c(Cl)cccc2Cl)c1. The first-order valence-electron chi connectivity index (χ1n) is 4.91. The van der Waals surface area contributed by atoms with Crippen molar-refractivity contribution in [3.8, 4) is 11.1 Å². The van der Waals surface area contributed by atoms with Crippen molar-refractivity contribution in [2.24, 2.45) is 0 Å². The second-order valence-corrected chi connectivity index (χ2v) is 4.35. The van der Waals surface area contributed by atoms with Gasteiger partial charge in [0.25, 0.3) is 5.56 Å². The molecule has 92 valence electrons. The Kier molecular flexibility index (Phi) is 3.41. The third-order valence-electron chi connectivity index (χ3n) is 2.38. The molecule has 0 saturated heterocycles. The first-order chi connectivity index (χ1) is 8.50. The normalized spacial score (nSPS) is 10.3. The topological polar surface area (TPSA) is 70.2 Å². The summed E-state index contributed by atoms with van der Waals surface area (Å²) in [6.07, 6.45) is 1.12. The molecule has 2 aromatic rings. The van der Waals surface area contributed by atoms with Crippen LogP contribution in [0, 0.1) is 0 Å². The zero-order valence-electron chi connectivity index (χ0n) is 8.91. The van der Waals surface area contributed by atoms with E-state index in [4.69, 9.17) is 28.3 Å². The van der Waals surface area contributed by atoms with E-state index in [0.29, 0.717) is 5.56 Å². The summed E-state index contributed by atoms with van der Waals surface area (Å²) in [7, 11) is 0. The number of aromatic nitrogens is 1. The highest BCUT2D eigenvalue weighted by Gasteiger charge is 2.14. The smallest absolute Gasteiger partial charge is 0.337 e. The van der Waals surface area contributed by atoms with Gasteiger partial charge in [0.15, 0.2) is 0 Å². The summed E-state index contributed by atoms with van der Waals surface area (Å²) in [4.78, 5) is 25.0. The second-order valence-electron chi connectivity index (χ2n) is 3.53. The molecule has 1 heterocycles. The van der Waals surface area contributed by atoms with Crippen molar-refractivity contribution in [1.29, 1.82) is 0 Å². The van der Waals surface area contributed by atoms with Crippen LogP contribution >= 0.6 is 23.2 Å². The number of aromatic carboxylic acids is 1. The number of halogens is 2. The molecule has 0 fully saturated rings. The number of H-pyrrole nitrogens is 1. The third-order valence-corrected chi connectivity index (χ3v) is 3.01. The van der Waals surface area contributed by atoms with Crippen molar-refractivity contribution in [2.45, 2.75) is 0 Å². The van der Waals surface area contributed by atoms with Crippen molar-refractivity contribution in [1.82, 2.24) is 4.98 Å². The van der Waals surface area contributed by atoms with Crippen molar-refractivity contribution in [3.63, 3.8) is 0 Å². The Bertz CT molecular complexity index is 659. The highest BCUT2D eigenvalue weighted by Crippen LogP contribution is 2.32. The molecule has 0 aliphatic carbocycles. The van der Waals surface area contributed by atoms with E-state index in [1.807, 2.05) is 0 Å². The van der Waals surface area contributed by atoms with Gasteiger partial charge >= 0.3 is 5.97 Å². The van der Waals surface area contributed by atoms with Gasteiger partial charge in [-0.1, -0.05) is 29.3 Å². The fourth-order valence-corrected chi connectivity index (χ4v) is 2.15. The summed E-state index contributed by atoms with van der Waals surface area (Å²) >= 11 is 12.0. The van der Waals surface area contributed by atoms with Gasteiger partial charge in [-0.3, -0.25) is 4.79 Å². The van der Waals surface area contributed by atoms with E-state index in [-0.39, 0.29) is 21.2 Å². The molecule has 0 aliphatic heterocycles. The molecule has 0 atom stereocenters. The van der Waals surface area contributed by atoms with Crippen molar-refractivity contribution < 1.29 is 9.90 Å². The van der Waals surface area contributed by atoms with Crippen molar-refractivity contribution in [3.05, 3.63) is 56.4 Å². The standard InChI is InChI=1S/C12H7Cl2NO3/c13-8-2-1-3-9(14)10(8)7-4-6(12(17)18)5-15-11(7)16/h1-5H,(H,15,16)(H,17,18). The van der Waals surface area contributed by atoms with E-state index in [0.717, 1.165) is 6.20 Å². The maximum Gasteiger partial charge on any atom is 0.337 e. The van der Waals surface area contributed by atoms with E-state index >= 15 is 0 Å². The highest BCUT2D eigenvalue weighted by molar-refractivity contribution is 6.39. The third kappa shape index (κ3) is 2.25. The summed E-state index contributed by atoms with van der Waals surface area (Å²) < 4.78 is 0. The number of hydrogen-bond donors (Lipinski definition) is 2. The molecule has 0 amide bonds. The van der Waals surface area contributed by atoms with Gasteiger partial charge in [-0.15, -0.1) is 0 Å². The summed E-state index contributed by atoms with van der Waals surface area (Å²) in [5.41, 5.74) is -0.0359. The lowest BCUT2D eigenvalue weighted by molar-refractivity contribution is 0.0696. The fraction of sp³-hybridized carbons (Fsp3) is 0. The van der Waals surface area contributed by atoms with Crippen LogP contribution in [0.3, 0.4) is 0 Å². The highest BCUT2D eigenvalue weighted by atomic mass is 35.5. The molecule has 1 aromatic heterocycles. The van der Waals surface area contributed by atoms with Crippen LogP contribution in [0.15, 0.2) is 35.3 Å². The van der Waals surface area contributed by atoms with Gasteiger partial charge in [0.05, 0.1) is 21.2 Å². The Morgan fingerprint density at radius 2 is 1.83 bits per heavy atom. The monoisotopic (exact) mass is 283 g/mol. The molecule has 2 rings (SSSR count). The number of nitrogens with one attached hydrogen (secondary N) is 1. The van der Waals surface area contributed by atoms with Crippen LogP contribution in [0.5, 0.6) is 0 Å². The van der Waals surface area contributed by atoms with E-state index < -0.39 is 11.5 Å². The number of hydrogen-bond acceptors (Lipinski definition) is 2. The Morgan fingerprint density at radius 3 is 2.39 bits per heavy atom. The average Bonchev–Trinajstić information content (AvgIpc) is 2.30. The number of carboxylic acids is 1. The molecule has 0 radical (unpaired) electrons.